The minimum absolute atomic E-state index is 0. The van der Waals surface area contributed by atoms with Crippen LogP contribution in [-0.4, -0.2) is 96.9 Å². The Bertz CT molecular complexity index is 520. The third kappa shape index (κ3) is 9.43. The van der Waals surface area contributed by atoms with E-state index in [1.54, 1.807) is 0 Å². The number of likely N-dealkylation sites (tertiary alicyclic amines) is 2. The Labute approximate surface area is 217 Å². The molecule has 6 nitrogen and oxygen atoms in total. The molecular weight excluding hydrogens is 536 g/mol. The molecule has 2 saturated heterocycles. The van der Waals surface area contributed by atoms with Crippen LogP contribution in [0.4, 0.5) is 0 Å². The quantitative estimate of drug-likeness (QED) is 0.368. The van der Waals surface area contributed by atoms with E-state index < -0.39 is 0 Å². The van der Waals surface area contributed by atoms with Crippen molar-refractivity contribution in [2.24, 2.45) is 11.8 Å². The molecule has 0 spiro atoms. The van der Waals surface area contributed by atoms with Crippen LogP contribution in [0.5, 0.6) is 0 Å². The van der Waals surface area contributed by atoms with E-state index >= 15 is 0 Å². The maximum absolute atomic E-state index is 12.7. The molecule has 188 valence electrons. The smallest absolute Gasteiger partial charge is 0.226 e. The highest BCUT2D eigenvalue weighted by molar-refractivity contribution is 8.93. The Balaban J connectivity index is 0.00000480. The predicted octanol–water partition coefficient (Wildman–Crippen LogP) is 3.86. The average molecular weight is 582 g/mol. The van der Waals surface area contributed by atoms with E-state index in [0.717, 1.165) is 91.1 Å². The van der Waals surface area contributed by atoms with Crippen LogP contribution >= 0.6 is 34.0 Å². The highest BCUT2D eigenvalue weighted by Gasteiger charge is 2.29. The van der Waals surface area contributed by atoms with Gasteiger partial charge in [0.1, 0.15) is 0 Å². The molecule has 2 aliphatic rings. The number of hydrogen-bond donors (Lipinski definition) is 0. The highest BCUT2D eigenvalue weighted by Crippen LogP contribution is 2.20. The Morgan fingerprint density at radius 3 is 1.38 bits per heavy atom. The molecule has 0 saturated carbocycles. The van der Waals surface area contributed by atoms with Gasteiger partial charge in [-0.15, -0.1) is 34.0 Å². The first-order chi connectivity index (χ1) is 14.5. The van der Waals surface area contributed by atoms with E-state index in [9.17, 15) is 9.59 Å². The van der Waals surface area contributed by atoms with Crippen LogP contribution in [0.2, 0.25) is 0 Å². The molecule has 2 aliphatic heterocycles. The summed E-state index contributed by atoms with van der Waals surface area (Å²) >= 11 is 0. The first-order valence-corrected chi connectivity index (χ1v) is 12.2. The van der Waals surface area contributed by atoms with Crippen molar-refractivity contribution in [1.82, 2.24) is 19.6 Å². The molecule has 0 radical (unpaired) electrons. The fourth-order valence-corrected chi connectivity index (χ4v) is 4.88. The summed E-state index contributed by atoms with van der Waals surface area (Å²) in [6.45, 7) is 17.2. The summed E-state index contributed by atoms with van der Waals surface area (Å²) in [5.41, 5.74) is 0. The SMILES string of the molecule is Br.Br.CCN(CC)C(=O)C1CCCN(CC=CCN2CCCC(C(=O)N(CC)CC)C2)C1. The van der Waals surface area contributed by atoms with Gasteiger partial charge in [0.25, 0.3) is 0 Å². The van der Waals surface area contributed by atoms with Crippen LogP contribution in [-0.2, 0) is 9.59 Å². The van der Waals surface area contributed by atoms with E-state index in [4.69, 9.17) is 0 Å². The molecule has 2 amide bonds. The number of halogens is 2. The van der Waals surface area contributed by atoms with Gasteiger partial charge < -0.3 is 9.80 Å². The number of piperidine rings is 2. The van der Waals surface area contributed by atoms with E-state index in [2.05, 4.69) is 49.6 Å². The van der Waals surface area contributed by atoms with Crippen molar-refractivity contribution in [3.63, 3.8) is 0 Å². The first kappa shape index (κ1) is 31.6. The van der Waals surface area contributed by atoms with Gasteiger partial charge in [-0.2, -0.15) is 0 Å². The van der Waals surface area contributed by atoms with Crippen molar-refractivity contribution in [3.8, 4) is 0 Å². The van der Waals surface area contributed by atoms with Crippen LogP contribution in [0.25, 0.3) is 0 Å². The molecule has 2 atom stereocenters. The molecular formula is C24H46Br2N4O2. The summed E-state index contributed by atoms with van der Waals surface area (Å²) in [4.78, 5) is 34.1. The second kappa shape index (κ2) is 17.1. The Morgan fingerprint density at radius 1 is 0.719 bits per heavy atom. The number of nitrogens with zero attached hydrogens (tertiary/aromatic N) is 4. The largest absolute Gasteiger partial charge is 0.343 e. The minimum Gasteiger partial charge on any atom is -0.343 e. The monoisotopic (exact) mass is 580 g/mol. The molecule has 0 N–H and O–H groups in total. The molecule has 2 unspecified atom stereocenters. The second-order valence-electron chi connectivity index (χ2n) is 8.69. The van der Waals surface area contributed by atoms with Gasteiger partial charge in [0.05, 0.1) is 11.8 Å². The zero-order chi connectivity index (χ0) is 21.9. The third-order valence-electron chi connectivity index (χ3n) is 6.75. The Hall–Kier alpha value is -0.440. The van der Waals surface area contributed by atoms with Gasteiger partial charge in [-0.3, -0.25) is 19.4 Å². The van der Waals surface area contributed by atoms with Crippen LogP contribution in [0.15, 0.2) is 12.2 Å². The fraction of sp³-hybridized carbons (Fsp3) is 0.833. The Morgan fingerprint density at radius 2 is 1.06 bits per heavy atom. The normalized spacial score (nSPS) is 22.1. The molecule has 32 heavy (non-hydrogen) atoms. The Kier molecular flexibility index (Phi) is 16.8. The van der Waals surface area contributed by atoms with Gasteiger partial charge in [0.15, 0.2) is 0 Å². The summed E-state index contributed by atoms with van der Waals surface area (Å²) in [6, 6.07) is 0. The van der Waals surface area contributed by atoms with Crippen LogP contribution in [0.3, 0.4) is 0 Å². The van der Waals surface area contributed by atoms with Crippen molar-refractivity contribution in [3.05, 3.63) is 12.2 Å². The predicted molar refractivity (Wildman–Crippen MR) is 144 cm³/mol. The lowest BCUT2D eigenvalue weighted by Gasteiger charge is -2.34. The molecule has 2 rings (SSSR count). The molecule has 0 aromatic heterocycles. The van der Waals surface area contributed by atoms with Crippen molar-refractivity contribution in [2.45, 2.75) is 53.4 Å². The molecule has 2 fully saturated rings. The number of carbonyl (C=O) groups is 2. The number of rotatable bonds is 10. The lowest BCUT2D eigenvalue weighted by molar-refractivity contribution is -0.137. The second-order valence-corrected chi connectivity index (χ2v) is 8.69. The van der Waals surface area contributed by atoms with Crippen LogP contribution < -0.4 is 0 Å². The van der Waals surface area contributed by atoms with Gasteiger partial charge in [-0.25, -0.2) is 0 Å². The minimum atomic E-state index is 0. The fourth-order valence-electron chi connectivity index (χ4n) is 4.88. The van der Waals surface area contributed by atoms with Crippen LogP contribution in [0, 0.1) is 11.8 Å². The molecule has 0 aliphatic carbocycles. The van der Waals surface area contributed by atoms with E-state index in [1.807, 2.05) is 9.80 Å². The van der Waals surface area contributed by atoms with E-state index in [1.165, 1.54) is 0 Å². The summed E-state index contributed by atoms with van der Waals surface area (Å²) in [6.07, 6.45) is 8.75. The first-order valence-electron chi connectivity index (χ1n) is 12.2. The van der Waals surface area contributed by atoms with E-state index in [-0.39, 0.29) is 45.8 Å². The molecule has 0 aromatic carbocycles. The zero-order valence-electron chi connectivity index (χ0n) is 20.6. The van der Waals surface area contributed by atoms with Crippen molar-refractivity contribution in [1.29, 1.82) is 0 Å². The van der Waals surface area contributed by atoms with Crippen molar-refractivity contribution < 1.29 is 9.59 Å². The maximum atomic E-state index is 12.7. The lowest BCUT2D eigenvalue weighted by Crippen LogP contribution is -2.45. The standard InChI is InChI=1S/C24H44N4O2.2BrH/c1-5-27(6-2)23(29)21-13-11-17-25(19-21)15-9-10-16-26-18-12-14-22(20-26)24(30)28(7-3)8-4;;/h9-10,21-22H,5-8,11-20H2,1-4H3;2*1H. The molecule has 0 bridgehead atoms. The maximum Gasteiger partial charge on any atom is 0.226 e. The van der Waals surface area contributed by atoms with E-state index in [0.29, 0.717) is 11.8 Å². The number of amides is 2. The van der Waals surface area contributed by atoms with Gasteiger partial charge in [-0.05, 0) is 66.5 Å². The van der Waals surface area contributed by atoms with Gasteiger partial charge in [0.2, 0.25) is 11.8 Å². The number of carbonyl (C=O) groups excluding carboxylic acids is 2. The average Bonchev–Trinajstić information content (AvgIpc) is 2.78. The topological polar surface area (TPSA) is 47.1 Å². The molecule has 8 heteroatoms. The number of hydrogen-bond acceptors (Lipinski definition) is 4. The van der Waals surface area contributed by atoms with Gasteiger partial charge in [-0.1, -0.05) is 12.2 Å². The summed E-state index contributed by atoms with van der Waals surface area (Å²) in [7, 11) is 0. The van der Waals surface area contributed by atoms with Crippen molar-refractivity contribution in [2.75, 3.05) is 65.4 Å². The van der Waals surface area contributed by atoms with Gasteiger partial charge >= 0.3 is 0 Å². The third-order valence-corrected chi connectivity index (χ3v) is 6.75. The summed E-state index contributed by atoms with van der Waals surface area (Å²) in [5, 5.41) is 0. The highest BCUT2D eigenvalue weighted by atomic mass is 79.9. The summed E-state index contributed by atoms with van der Waals surface area (Å²) < 4.78 is 0. The molecule has 0 aromatic rings. The van der Waals surface area contributed by atoms with Crippen LogP contribution in [0.1, 0.15) is 53.4 Å². The molecule has 2 heterocycles. The van der Waals surface area contributed by atoms with Crippen molar-refractivity contribution >= 4 is 45.8 Å². The zero-order valence-corrected chi connectivity index (χ0v) is 24.1. The lowest BCUT2D eigenvalue weighted by atomic mass is 9.96. The van der Waals surface area contributed by atoms with Gasteiger partial charge in [0, 0.05) is 52.4 Å². The summed E-state index contributed by atoms with van der Waals surface area (Å²) in [5.74, 6) is 0.957.